The molecule has 1 aromatic heterocycles. The van der Waals surface area contributed by atoms with Gasteiger partial charge in [-0.15, -0.1) is 0 Å². The van der Waals surface area contributed by atoms with E-state index < -0.39 is 17.4 Å². The second-order valence-corrected chi connectivity index (χ2v) is 8.70. The number of carbonyl (C=O) groups is 1. The topological polar surface area (TPSA) is 81.8 Å². The summed E-state index contributed by atoms with van der Waals surface area (Å²) >= 11 is 1.61. The lowest BCUT2D eigenvalue weighted by Crippen LogP contribution is -2.24. The van der Waals surface area contributed by atoms with E-state index in [1.54, 1.807) is 38.2 Å². The third-order valence-electron chi connectivity index (χ3n) is 4.20. The average Bonchev–Trinajstić information content (AvgIpc) is 3.15. The van der Waals surface area contributed by atoms with Crippen LogP contribution >= 0.6 is 11.3 Å². The monoisotopic (exact) mass is 429 g/mol. The number of hydrogen-bond donors (Lipinski definition) is 2. The molecule has 1 heterocycles. The highest BCUT2D eigenvalue weighted by Crippen LogP contribution is 2.38. The highest BCUT2D eigenvalue weighted by molar-refractivity contribution is 7.07. The Labute approximate surface area is 178 Å². The molecule has 3 N–H and O–H groups in total. The molecule has 0 amide bonds. The molecule has 0 spiro atoms. The molecule has 0 atom stereocenters. The highest BCUT2D eigenvalue weighted by Gasteiger charge is 2.25. The van der Waals surface area contributed by atoms with Crippen molar-refractivity contribution < 1.29 is 23.8 Å². The third kappa shape index (κ3) is 5.51. The molecule has 3 rings (SSSR count). The minimum absolute atomic E-state index is 0.0291. The van der Waals surface area contributed by atoms with Crippen molar-refractivity contribution in [2.24, 2.45) is 0 Å². The maximum Gasteiger partial charge on any atom is 0.342 e. The van der Waals surface area contributed by atoms with Crippen LogP contribution in [0.15, 0.2) is 47.2 Å². The molecule has 0 saturated heterocycles. The Bertz CT molecular complexity index is 1040. The van der Waals surface area contributed by atoms with E-state index in [1.165, 1.54) is 23.8 Å². The Morgan fingerprint density at radius 1 is 1.13 bits per heavy atom. The first-order valence-corrected chi connectivity index (χ1v) is 10.4. The van der Waals surface area contributed by atoms with Crippen molar-refractivity contribution >= 4 is 23.0 Å². The number of aromatic hydroxyl groups is 1. The zero-order chi connectivity index (χ0) is 21.9. The van der Waals surface area contributed by atoms with Gasteiger partial charge in [0, 0.05) is 11.8 Å². The Morgan fingerprint density at radius 3 is 2.50 bits per heavy atom. The number of esters is 1. The van der Waals surface area contributed by atoms with E-state index in [2.05, 4.69) is 5.38 Å². The zero-order valence-electron chi connectivity index (χ0n) is 17.1. The number of thiophene rings is 1. The SMILES string of the molecule is CC(C)(C)OC(=O)c1cc(CCc2ccsc2)cc(O)c1Oc1ccc(N)cc1F. The van der Waals surface area contributed by atoms with Crippen molar-refractivity contribution in [3.05, 3.63) is 69.7 Å². The maximum atomic E-state index is 14.2. The number of benzene rings is 2. The molecule has 0 bridgehead atoms. The Kier molecular flexibility index (Phi) is 6.31. The van der Waals surface area contributed by atoms with Crippen LogP contribution in [-0.2, 0) is 17.6 Å². The van der Waals surface area contributed by atoms with Crippen LogP contribution in [0.3, 0.4) is 0 Å². The molecule has 0 unspecified atom stereocenters. The van der Waals surface area contributed by atoms with Gasteiger partial charge in [0.2, 0.25) is 0 Å². The van der Waals surface area contributed by atoms with Gasteiger partial charge in [0.05, 0.1) is 0 Å². The molecule has 0 aliphatic carbocycles. The predicted molar refractivity (Wildman–Crippen MR) is 116 cm³/mol. The fraction of sp³-hybridized carbons (Fsp3) is 0.261. The Hall–Kier alpha value is -3.06. The van der Waals surface area contributed by atoms with Gasteiger partial charge in [-0.25, -0.2) is 9.18 Å². The summed E-state index contributed by atoms with van der Waals surface area (Å²) in [4.78, 5) is 12.8. The molecule has 2 aromatic carbocycles. The molecule has 3 aromatic rings. The first-order chi connectivity index (χ1) is 14.1. The normalized spacial score (nSPS) is 11.3. The number of halogens is 1. The van der Waals surface area contributed by atoms with Crippen molar-refractivity contribution in [2.75, 3.05) is 5.73 Å². The van der Waals surface area contributed by atoms with Crippen LogP contribution < -0.4 is 10.5 Å². The van der Waals surface area contributed by atoms with Gasteiger partial charge < -0.3 is 20.3 Å². The lowest BCUT2D eigenvalue weighted by molar-refractivity contribution is 0.00663. The Morgan fingerprint density at radius 2 is 1.87 bits per heavy atom. The summed E-state index contributed by atoms with van der Waals surface area (Å²) in [5.41, 5.74) is 7.00. The second kappa shape index (κ2) is 8.75. The first-order valence-electron chi connectivity index (χ1n) is 9.45. The summed E-state index contributed by atoms with van der Waals surface area (Å²) in [7, 11) is 0. The van der Waals surface area contributed by atoms with Gasteiger partial charge in [-0.1, -0.05) is 0 Å². The lowest BCUT2D eigenvalue weighted by Gasteiger charge is -2.21. The van der Waals surface area contributed by atoms with Crippen molar-refractivity contribution in [2.45, 2.75) is 39.2 Å². The van der Waals surface area contributed by atoms with Crippen LogP contribution in [0.25, 0.3) is 0 Å². The average molecular weight is 430 g/mol. The summed E-state index contributed by atoms with van der Waals surface area (Å²) < 4.78 is 25.3. The third-order valence-corrected chi connectivity index (χ3v) is 4.93. The smallest absolute Gasteiger partial charge is 0.342 e. The van der Waals surface area contributed by atoms with Gasteiger partial charge in [-0.3, -0.25) is 0 Å². The molecule has 7 heteroatoms. The lowest BCUT2D eigenvalue weighted by atomic mass is 10.0. The number of hydrogen-bond acceptors (Lipinski definition) is 6. The molecule has 0 fully saturated rings. The zero-order valence-corrected chi connectivity index (χ0v) is 17.9. The molecule has 0 aliphatic heterocycles. The van der Waals surface area contributed by atoms with Gasteiger partial charge in [-0.05, 0) is 85.8 Å². The van der Waals surface area contributed by atoms with Crippen LogP contribution in [-0.4, -0.2) is 16.7 Å². The van der Waals surface area contributed by atoms with Gasteiger partial charge in [0.1, 0.15) is 11.2 Å². The highest BCUT2D eigenvalue weighted by atomic mass is 32.1. The van der Waals surface area contributed by atoms with Gasteiger partial charge in [-0.2, -0.15) is 11.3 Å². The van der Waals surface area contributed by atoms with Crippen molar-refractivity contribution in [3.8, 4) is 17.2 Å². The van der Waals surface area contributed by atoms with Crippen LogP contribution in [0.5, 0.6) is 17.2 Å². The molecule has 5 nitrogen and oxygen atoms in total. The fourth-order valence-corrected chi connectivity index (χ4v) is 3.54. The van der Waals surface area contributed by atoms with Crippen LogP contribution in [0, 0.1) is 5.82 Å². The number of aryl methyl sites for hydroxylation is 2. The number of nitrogen functional groups attached to an aromatic ring is 1. The van der Waals surface area contributed by atoms with Crippen molar-refractivity contribution in [1.82, 2.24) is 0 Å². The summed E-state index contributed by atoms with van der Waals surface area (Å²) in [5.74, 6) is -1.95. The van der Waals surface area contributed by atoms with E-state index >= 15 is 0 Å². The number of ether oxygens (including phenoxy) is 2. The molecular weight excluding hydrogens is 405 g/mol. The maximum absolute atomic E-state index is 14.2. The number of carbonyl (C=O) groups excluding carboxylic acids is 1. The predicted octanol–water partition coefficient (Wildman–Crippen LogP) is 5.71. The van der Waals surface area contributed by atoms with E-state index in [0.29, 0.717) is 6.42 Å². The Balaban J connectivity index is 1.97. The van der Waals surface area contributed by atoms with Gasteiger partial charge >= 0.3 is 5.97 Å². The number of phenols is 1. The van der Waals surface area contributed by atoms with E-state index in [4.69, 9.17) is 15.2 Å². The van der Waals surface area contributed by atoms with Crippen LogP contribution in [0.4, 0.5) is 10.1 Å². The summed E-state index contributed by atoms with van der Waals surface area (Å²) in [5, 5.41) is 14.7. The van der Waals surface area contributed by atoms with Crippen LogP contribution in [0.2, 0.25) is 0 Å². The van der Waals surface area contributed by atoms with E-state index in [-0.39, 0.29) is 28.5 Å². The number of anilines is 1. The molecule has 0 radical (unpaired) electrons. The molecular formula is C23H24FNO4S. The van der Waals surface area contributed by atoms with Gasteiger partial charge in [0.25, 0.3) is 0 Å². The minimum Gasteiger partial charge on any atom is -0.504 e. The first kappa shape index (κ1) is 21.6. The molecule has 30 heavy (non-hydrogen) atoms. The molecule has 158 valence electrons. The largest absolute Gasteiger partial charge is 0.504 e. The van der Waals surface area contributed by atoms with Crippen LogP contribution in [0.1, 0.15) is 42.3 Å². The van der Waals surface area contributed by atoms with E-state index in [9.17, 15) is 14.3 Å². The van der Waals surface area contributed by atoms with Crippen molar-refractivity contribution in [1.29, 1.82) is 0 Å². The van der Waals surface area contributed by atoms with Gasteiger partial charge in [0.15, 0.2) is 23.1 Å². The summed E-state index contributed by atoms with van der Waals surface area (Å²) in [6, 6.07) is 9.08. The minimum atomic E-state index is -0.747. The second-order valence-electron chi connectivity index (χ2n) is 7.92. The molecule has 0 saturated carbocycles. The summed E-state index contributed by atoms with van der Waals surface area (Å²) in [6.45, 7) is 5.22. The quantitative estimate of drug-likeness (QED) is 0.388. The number of rotatable bonds is 6. The van der Waals surface area contributed by atoms with E-state index in [1.807, 2.05) is 11.4 Å². The summed E-state index contributed by atoms with van der Waals surface area (Å²) in [6.07, 6.45) is 1.36. The fourth-order valence-electron chi connectivity index (χ4n) is 2.84. The molecule has 0 aliphatic rings. The number of nitrogens with two attached hydrogens (primary N) is 1. The standard InChI is InChI=1S/C23H24FNO4S/c1-23(2,3)29-22(27)17-10-15(5-4-14-8-9-30-13-14)11-19(26)21(17)28-20-7-6-16(25)12-18(20)24/h6-13,26H,4-5,25H2,1-3H3. The number of phenolic OH excluding ortho intramolecular Hbond substituents is 1. The van der Waals surface area contributed by atoms with E-state index in [0.717, 1.165) is 18.1 Å². The van der Waals surface area contributed by atoms with Crippen molar-refractivity contribution in [3.63, 3.8) is 0 Å².